The Bertz CT molecular complexity index is 296. The summed E-state index contributed by atoms with van der Waals surface area (Å²) < 4.78 is 0. The van der Waals surface area contributed by atoms with Crippen LogP contribution in [-0.4, -0.2) is 5.78 Å². The predicted octanol–water partition coefficient (Wildman–Crippen LogP) is 10.9. The Morgan fingerprint density at radius 3 is 0.821 bits per heavy atom. The SMILES string of the molecule is C.C.C.C.CC(C)(C)CC(=O)C(C)(C)C.CC(C)(C)CCC(C)(C)C.CCC. The van der Waals surface area contributed by atoms with Gasteiger partial charge in [0.2, 0.25) is 0 Å². The molecule has 0 amide bonds. The fourth-order valence-electron chi connectivity index (χ4n) is 1.50. The minimum Gasteiger partial charge on any atom is -0.299 e. The van der Waals surface area contributed by atoms with Crippen LogP contribution in [0.1, 0.15) is 152 Å². The van der Waals surface area contributed by atoms with E-state index in [0.717, 1.165) is 0 Å². The first-order chi connectivity index (χ1) is 10.2. The van der Waals surface area contributed by atoms with Gasteiger partial charge in [-0.3, -0.25) is 4.79 Å². The van der Waals surface area contributed by atoms with E-state index in [1.165, 1.54) is 19.3 Å². The van der Waals surface area contributed by atoms with Crippen LogP contribution in [0.4, 0.5) is 0 Å². The van der Waals surface area contributed by atoms with Crippen LogP contribution in [0.15, 0.2) is 0 Å². The minimum atomic E-state index is -0.173. The van der Waals surface area contributed by atoms with E-state index in [-0.39, 0.29) is 40.5 Å². The molecular formula is C27H66O. The third-order valence-corrected chi connectivity index (χ3v) is 3.15. The van der Waals surface area contributed by atoms with Crippen molar-refractivity contribution in [1.29, 1.82) is 0 Å². The zero-order chi connectivity index (χ0) is 20.4. The molecule has 180 valence electrons. The van der Waals surface area contributed by atoms with E-state index in [1.54, 1.807) is 0 Å². The lowest BCUT2D eigenvalue weighted by atomic mass is 9.80. The summed E-state index contributed by atoms with van der Waals surface area (Å²) in [5, 5.41) is 0. The normalized spacial score (nSPS) is 10.8. The summed E-state index contributed by atoms with van der Waals surface area (Å²) >= 11 is 0. The first-order valence-corrected chi connectivity index (χ1v) is 9.78. The van der Waals surface area contributed by atoms with Gasteiger partial charge in [-0.1, -0.05) is 133 Å². The Balaban J connectivity index is -0.0000000491. The summed E-state index contributed by atoms with van der Waals surface area (Å²) in [4.78, 5) is 11.5. The zero-order valence-corrected chi connectivity index (χ0v) is 19.7. The largest absolute Gasteiger partial charge is 0.299 e. The summed E-state index contributed by atoms with van der Waals surface area (Å²) in [6, 6.07) is 0. The first kappa shape index (κ1) is 46.1. The quantitative estimate of drug-likeness (QED) is 0.445. The molecule has 1 nitrogen and oxygen atoms in total. The molecule has 0 rings (SSSR count). The molecule has 0 aromatic heterocycles. The molecule has 0 saturated heterocycles. The molecule has 0 bridgehead atoms. The van der Waals surface area contributed by atoms with E-state index >= 15 is 0 Å². The topological polar surface area (TPSA) is 17.1 Å². The van der Waals surface area contributed by atoms with E-state index in [4.69, 9.17) is 0 Å². The monoisotopic (exact) mass is 407 g/mol. The lowest BCUT2D eigenvalue weighted by molar-refractivity contribution is -0.128. The summed E-state index contributed by atoms with van der Waals surface area (Å²) in [6.45, 7) is 30.3. The maximum atomic E-state index is 11.5. The van der Waals surface area contributed by atoms with E-state index in [2.05, 4.69) is 76.2 Å². The number of carbonyl (C=O) groups excluding carboxylic acids is 1. The second kappa shape index (κ2) is 18.7. The molecule has 0 aromatic carbocycles. The number of hydrogen-bond acceptors (Lipinski definition) is 1. The van der Waals surface area contributed by atoms with Crippen molar-refractivity contribution in [2.24, 2.45) is 21.7 Å². The van der Waals surface area contributed by atoms with Gasteiger partial charge in [-0.15, -0.1) is 0 Å². The Hall–Kier alpha value is -0.330. The summed E-state index contributed by atoms with van der Waals surface area (Å²) in [5.41, 5.74) is 0.970. The highest BCUT2D eigenvalue weighted by Gasteiger charge is 2.25. The maximum Gasteiger partial charge on any atom is 0.138 e. The highest BCUT2D eigenvalue weighted by Crippen LogP contribution is 2.29. The van der Waals surface area contributed by atoms with Crippen LogP contribution in [0, 0.1) is 21.7 Å². The van der Waals surface area contributed by atoms with Crippen molar-refractivity contribution in [3.8, 4) is 0 Å². The number of carbonyl (C=O) groups is 1. The average molecular weight is 407 g/mol. The summed E-state index contributed by atoms with van der Waals surface area (Å²) in [5.74, 6) is 0.352. The molecule has 0 spiro atoms. The third-order valence-electron chi connectivity index (χ3n) is 3.15. The number of Topliss-reactive ketones (excluding diaryl/α,β-unsaturated/α-hetero) is 1. The molecule has 0 N–H and O–H groups in total. The number of hydrogen-bond donors (Lipinski definition) is 0. The molecule has 0 aliphatic carbocycles. The van der Waals surface area contributed by atoms with Crippen LogP contribution < -0.4 is 0 Å². The Kier molecular flexibility index (Phi) is 30.7. The van der Waals surface area contributed by atoms with Gasteiger partial charge in [-0.2, -0.15) is 0 Å². The third kappa shape index (κ3) is 50.0. The van der Waals surface area contributed by atoms with Gasteiger partial charge in [0.1, 0.15) is 5.78 Å². The first-order valence-electron chi connectivity index (χ1n) is 9.78. The number of rotatable bonds is 2. The lowest BCUT2D eigenvalue weighted by Crippen LogP contribution is -2.25. The van der Waals surface area contributed by atoms with Crippen LogP contribution in [0.2, 0.25) is 0 Å². The maximum absolute atomic E-state index is 11.5. The standard InChI is InChI=1S/C10H20O.C10H22.C3H8.4CH4/c1-9(2,3)7-8(11)10(4,5)6;1-9(2,3)7-8-10(4,5)6;1-3-2;;;;/h7H2,1-6H3;7-8H2,1-6H3;3H2,1-2H3;4*1H4. The minimum absolute atomic E-state index is 0. The fraction of sp³-hybridized carbons (Fsp3) is 0.963. The van der Waals surface area contributed by atoms with Gasteiger partial charge in [0.05, 0.1) is 0 Å². The van der Waals surface area contributed by atoms with E-state index in [1.807, 2.05) is 20.8 Å². The van der Waals surface area contributed by atoms with Crippen molar-refractivity contribution in [2.75, 3.05) is 0 Å². The van der Waals surface area contributed by atoms with Gasteiger partial charge < -0.3 is 0 Å². The molecule has 0 radical (unpaired) electrons. The van der Waals surface area contributed by atoms with Crippen molar-refractivity contribution in [3.05, 3.63) is 0 Å². The smallest absolute Gasteiger partial charge is 0.138 e. The van der Waals surface area contributed by atoms with Crippen LogP contribution in [-0.2, 0) is 4.79 Å². The molecule has 0 unspecified atom stereocenters. The Morgan fingerprint density at radius 2 is 0.750 bits per heavy atom. The van der Waals surface area contributed by atoms with Gasteiger partial charge in [0.25, 0.3) is 0 Å². The van der Waals surface area contributed by atoms with Gasteiger partial charge in [0.15, 0.2) is 0 Å². The second-order valence-corrected chi connectivity index (χ2v) is 11.7. The molecule has 0 saturated carbocycles. The highest BCUT2D eigenvalue weighted by atomic mass is 16.1. The van der Waals surface area contributed by atoms with E-state index in [9.17, 15) is 4.79 Å². The molecule has 0 aliphatic heterocycles. The molecule has 0 aromatic rings. The summed E-state index contributed by atoms with van der Waals surface area (Å²) in [6.07, 6.45) is 4.59. The Morgan fingerprint density at radius 1 is 0.536 bits per heavy atom. The Labute approximate surface area is 184 Å². The predicted molar refractivity (Wildman–Crippen MR) is 140 cm³/mol. The van der Waals surface area contributed by atoms with Crippen molar-refractivity contribution in [1.82, 2.24) is 0 Å². The van der Waals surface area contributed by atoms with Gasteiger partial charge in [0, 0.05) is 11.8 Å². The molecule has 0 aliphatic rings. The molecular weight excluding hydrogens is 340 g/mol. The van der Waals surface area contributed by atoms with Crippen LogP contribution in [0.25, 0.3) is 0 Å². The molecule has 0 fully saturated rings. The van der Waals surface area contributed by atoms with Crippen molar-refractivity contribution >= 4 is 5.78 Å². The van der Waals surface area contributed by atoms with Crippen LogP contribution in [0.5, 0.6) is 0 Å². The fourth-order valence-corrected chi connectivity index (χ4v) is 1.50. The van der Waals surface area contributed by atoms with Gasteiger partial charge in [-0.25, -0.2) is 0 Å². The molecule has 1 heteroatoms. The molecule has 28 heavy (non-hydrogen) atoms. The number of ketones is 1. The van der Waals surface area contributed by atoms with E-state index in [0.29, 0.717) is 23.0 Å². The summed E-state index contributed by atoms with van der Waals surface area (Å²) in [7, 11) is 0. The van der Waals surface area contributed by atoms with E-state index < -0.39 is 0 Å². The van der Waals surface area contributed by atoms with Gasteiger partial charge in [-0.05, 0) is 29.1 Å². The lowest BCUT2D eigenvalue weighted by Gasteiger charge is -2.24. The molecule has 0 atom stereocenters. The van der Waals surface area contributed by atoms with Crippen molar-refractivity contribution < 1.29 is 4.79 Å². The van der Waals surface area contributed by atoms with Crippen LogP contribution in [0.3, 0.4) is 0 Å². The van der Waals surface area contributed by atoms with Crippen molar-refractivity contribution in [2.45, 2.75) is 152 Å². The highest BCUT2D eigenvalue weighted by molar-refractivity contribution is 5.84. The average Bonchev–Trinajstić information content (AvgIpc) is 2.23. The van der Waals surface area contributed by atoms with Crippen molar-refractivity contribution in [3.63, 3.8) is 0 Å². The zero-order valence-electron chi connectivity index (χ0n) is 19.7. The second-order valence-electron chi connectivity index (χ2n) is 11.7. The molecule has 0 heterocycles. The van der Waals surface area contributed by atoms with Crippen LogP contribution >= 0.6 is 0 Å². The van der Waals surface area contributed by atoms with Gasteiger partial charge >= 0.3 is 0 Å².